The standard InChI is InChI=1S/C19H17ClN2O2/c1-2-24-18-9-8-17(20)11-15(18)10-16(12-21)19(23)22-13-14-6-4-3-5-7-14/h3-11H,2,13H2,1H3,(H,22,23)/b16-10-. The van der Waals surface area contributed by atoms with E-state index in [2.05, 4.69) is 5.32 Å². The minimum atomic E-state index is -0.441. The van der Waals surface area contributed by atoms with Gasteiger partial charge in [0.05, 0.1) is 6.61 Å². The molecule has 0 radical (unpaired) electrons. The van der Waals surface area contributed by atoms with Crippen molar-refractivity contribution >= 4 is 23.6 Å². The van der Waals surface area contributed by atoms with Gasteiger partial charge in [0, 0.05) is 17.1 Å². The summed E-state index contributed by atoms with van der Waals surface area (Å²) in [7, 11) is 0. The van der Waals surface area contributed by atoms with Gasteiger partial charge in [-0.25, -0.2) is 0 Å². The quantitative estimate of drug-likeness (QED) is 0.639. The van der Waals surface area contributed by atoms with Gasteiger partial charge in [-0.05, 0) is 36.8 Å². The van der Waals surface area contributed by atoms with E-state index in [0.717, 1.165) is 5.56 Å². The third-order valence-electron chi connectivity index (χ3n) is 3.23. The van der Waals surface area contributed by atoms with Gasteiger partial charge in [-0.15, -0.1) is 0 Å². The molecule has 2 rings (SSSR count). The van der Waals surface area contributed by atoms with Crippen LogP contribution in [-0.2, 0) is 11.3 Å². The van der Waals surface area contributed by atoms with Crippen molar-refractivity contribution in [1.82, 2.24) is 5.32 Å². The Balaban J connectivity index is 2.18. The van der Waals surface area contributed by atoms with Gasteiger partial charge < -0.3 is 10.1 Å². The highest BCUT2D eigenvalue weighted by Gasteiger charge is 2.11. The van der Waals surface area contributed by atoms with Crippen LogP contribution in [0.15, 0.2) is 54.1 Å². The summed E-state index contributed by atoms with van der Waals surface area (Å²) in [5, 5.41) is 12.5. The van der Waals surface area contributed by atoms with Crippen molar-refractivity contribution in [1.29, 1.82) is 5.26 Å². The van der Waals surface area contributed by atoms with Crippen LogP contribution in [-0.4, -0.2) is 12.5 Å². The maximum Gasteiger partial charge on any atom is 0.262 e. The second-order valence-electron chi connectivity index (χ2n) is 4.95. The van der Waals surface area contributed by atoms with Gasteiger partial charge in [0.25, 0.3) is 5.91 Å². The number of amides is 1. The molecular weight excluding hydrogens is 324 g/mol. The Morgan fingerprint density at radius 3 is 2.71 bits per heavy atom. The molecule has 0 fully saturated rings. The molecule has 4 nitrogen and oxygen atoms in total. The third-order valence-corrected chi connectivity index (χ3v) is 3.47. The van der Waals surface area contributed by atoms with Crippen molar-refractivity contribution in [2.24, 2.45) is 0 Å². The van der Waals surface area contributed by atoms with Crippen molar-refractivity contribution < 1.29 is 9.53 Å². The van der Waals surface area contributed by atoms with Gasteiger partial charge in [-0.1, -0.05) is 41.9 Å². The number of nitrogens with one attached hydrogen (secondary N) is 1. The maximum atomic E-state index is 12.2. The smallest absolute Gasteiger partial charge is 0.262 e. The van der Waals surface area contributed by atoms with E-state index in [9.17, 15) is 10.1 Å². The van der Waals surface area contributed by atoms with Crippen molar-refractivity contribution in [3.8, 4) is 11.8 Å². The lowest BCUT2D eigenvalue weighted by Gasteiger charge is -2.08. The van der Waals surface area contributed by atoms with Crippen LogP contribution in [0.5, 0.6) is 5.75 Å². The fourth-order valence-electron chi connectivity index (χ4n) is 2.10. The average molecular weight is 341 g/mol. The molecule has 0 aliphatic carbocycles. The number of carbonyl (C=O) groups is 1. The third kappa shape index (κ3) is 4.87. The Bertz CT molecular complexity index is 780. The first-order chi connectivity index (χ1) is 11.6. The molecule has 0 saturated carbocycles. The van der Waals surface area contributed by atoms with E-state index >= 15 is 0 Å². The zero-order valence-electron chi connectivity index (χ0n) is 13.3. The predicted octanol–water partition coefficient (Wildman–Crippen LogP) is 3.96. The Labute approximate surface area is 146 Å². The van der Waals surface area contributed by atoms with Gasteiger partial charge in [-0.2, -0.15) is 5.26 Å². The van der Waals surface area contributed by atoms with Gasteiger partial charge >= 0.3 is 0 Å². The van der Waals surface area contributed by atoms with E-state index in [1.54, 1.807) is 18.2 Å². The van der Waals surface area contributed by atoms with Crippen LogP contribution in [0, 0.1) is 11.3 Å². The predicted molar refractivity (Wildman–Crippen MR) is 94.5 cm³/mol. The number of halogens is 1. The van der Waals surface area contributed by atoms with Crippen molar-refractivity contribution in [3.05, 3.63) is 70.3 Å². The van der Waals surface area contributed by atoms with E-state index in [-0.39, 0.29) is 5.57 Å². The molecule has 0 saturated heterocycles. The molecule has 1 amide bonds. The molecule has 2 aromatic rings. The van der Waals surface area contributed by atoms with Crippen LogP contribution < -0.4 is 10.1 Å². The molecule has 2 aromatic carbocycles. The number of ether oxygens (including phenoxy) is 1. The van der Waals surface area contributed by atoms with E-state index in [4.69, 9.17) is 16.3 Å². The number of hydrogen-bond donors (Lipinski definition) is 1. The normalized spacial score (nSPS) is 10.8. The first-order valence-corrected chi connectivity index (χ1v) is 7.88. The Morgan fingerprint density at radius 1 is 1.29 bits per heavy atom. The molecule has 0 aliphatic heterocycles. The second-order valence-corrected chi connectivity index (χ2v) is 5.39. The van der Waals surface area contributed by atoms with Crippen LogP contribution in [0.3, 0.4) is 0 Å². The monoisotopic (exact) mass is 340 g/mol. The minimum absolute atomic E-state index is 0.00542. The van der Waals surface area contributed by atoms with E-state index < -0.39 is 5.91 Å². The lowest BCUT2D eigenvalue weighted by molar-refractivity contribution is -0.117. The average Bonchev–Trinajstić information content (AvgIpc) is 2.60. The highest BCUT2D eigenvalue weighted by molar-refractivity contribution is 6.30. The van der Waals surface area contributed by atoms with Gasteiger partial charge in [0.1, 0.15) is 17.4 Å². The molecule has 0 unspecified atom stereocenters. The summed E-state index contributed by atoms with van der Waals surface area (Å²) in [5.41, 5.74) is 1.55. The molecule has 24 heavy (non-hydrogen) atoms. The largest absolute Gasteiger partial charge is 0.493 e. The molecule has 0 bridgehead atoms. The Hall–Kier alpha value is -2.77. The highest BCUT2D eigenvalue weighted by Crippen LogP contribution is 2.25. The molecule has 0 aliphatic rings. The summed E-state index contributed by atoms with van der Waals surface area (Å²) in [6.07, 6.45) is 1.48. The fourth-order valence-corrected chi connectivity index (χ4v) is 2.28. The van der Waals surface area contributed by atoms with Crippen LogP contribution in [0.4, 0.5) is 0 Å². The molecule has 122 valence electrons. The summed E-state index contributed by atoms with van der Waals surface area (Å²) in [6, 6.07) is 16.5. The molecule has 0 spiro atoms. The lowest BCUT2D eigenvalue weighted by Crippen LogP contribution is -2.23. The molecule has 5 heteroatoms. The van der Waals surface area contributed by atoms with Crippen LogP contribution in [0.25, 0.3) is 6.08 Å². The summed E-state index contributed by atoms with van der Waals surface area (Å²) in [5.74, 6) is 0.134. The Kier molecular flexibility index (Phi) is 6.41. The fraction of sp³-hybridized carbons (Fsp3) is 0.158. The summed E-state index contributed by atoms with van der Waals surface area (Å²) < 4.78 is 5.50. The van der Waals surface area contributed by atoms with E-state index in [0.29, 0.717) is 29.5 Å². The SMILES string of the molecule is CCOc1ccc(Cl)cc1/C=C(/C#N)C(=O)NCc1ccccc1. The molecule has 0 heterocycles. The number of carbonyl (C=O) groups excluding carboxylic acids is 1. The first-order valence-electron chi connectivity index (χ1n) is 7.50. The van der Waals surface area contributed by atoms with Crippen molar-refractivity contribution in [2.45, 2.75) is 13.5 Å². The summed E-state index contributed by atoms with van der Waals surface area (Å²) >= 11 is 6.00. The molecular formula is C19H17ClN2O2. The second kappa shape index (κ2) is 8.76. The van der Waals surface area contributed by atoms with Crippen LogP contribution in [0.2, 0.25) is 5.02 Å². The van der Waals surface area contributed by atoms with E-state index in [1.165, 1.54) is 6.08 Å². The highest BCUT2D eigenvalue weighted by atomic mass is 35.5. The summed E-state index contributed by atoms with van der Waals surface area (Å²) in [6.45, 7) is 2.69. The maximum absolute atomic E-state index is 12.2. The number of nitrogens with zero attached hydrogens (tertiary/aromatic N) is 1. The lowest BCUT2D eigenvalue weighted by atomic mass is 10.1. The van der Waals surface area contributed by atoms with Crippen LogP contribution >= 0.6 is 11.6 Å². The number of benzene rings is 2. The van der Waals surface area contributed by atoms with Gasteiger partial charge in [0.2, 0.25) is 0 Å². The van der Waals surface area contributed by atoms with Gasteiger partial charge in [0.15, 0.2) is 0 Å². The molecule has 0 atom stereocenters. The van der Waals surface area contributed by atoms with E-state index in [1.807, 2.05) is 43.3 Å². The first kappa shape index (κ1) is 17.6. The Morgan fingerprint density at radius 2 is 2.04 bits per heavy atom. The van der Waals surface area contributed by atoms with Crippen molar-refractivity contribution in [3.63, 3.8) is 0 Å². The molecule has 1 N–H and O–H groups in total. The zero-order chi connectivity index (χ0) is 17.4. The number of hydrogen-bond acceptors (Lipinski definition) is 3. The topological polar surface area (TPSA) is 62.1 Å². The summed E-state index contributed by atoms with van der Waals surface area (Å²) in [4.78, 5) is 12.2. The number of nitriles is 1. The molecule has 0 aromatic heterocycles. The van der Waals surface area contributed by atoms with Gasteiger partial charge in [-0.3, -0.25) is 4.79 Å². The van der Waals surface area contributed by atoms with Crippen LogP contribution in [0.1, 0.15) is 18.1 Å². The zero-order valence-corrected chi connectivity index (χ0v) is 14.0. The minimum Gasteiger partial charge on any atom is -0.493 e. The number of rotatable bonds is 6. The van der Waals surface area contributed by atoms with Crippen molar-refractivity contribution in [2.75, 3.05) is 6.61 Å².